The quantitative estimate of drug-likeness (QED) is 0.566. The molecule has 0 fully saturated rings. The van der Waals surface area contributed by atoms with Crippen molar-refractivity contribution in [2.45, 2.75) is 45.1 Å². The van der Waals surface area contributed by atoms with E-state index in [1.807, 2.05) is 13.8 Å². The molecule has 3 nitrogen and oxygen atoms in total. The van der Waals surface area contributed by atoms with Crippen LogP contribution in [0.25, 0.3) is 0 Å². The molecule has 0 heterocycles. The molecule has 0 aliphatic heterocycles. The van der Waals surface area contributed by atoms with Gasteiger partial charge in [0.25, 0.3) is 0 Å². The van der Waals surface area contributed by atoms with E-state index >= 15 is 0 Å². The van der Waals surface area contributed by atoms with Gasteiger partial charge in [-0.25, -0.2) is 0 Å². The van der Waals surface area contributed by atoms with Crippen LogP contribution in [-0.4, -0.2) is 30.5 Å². The number of hydrogen-bond donors (Lipinski definition) is 2. The van der Waals surface area contributed by atoms with Gasteiger partial charge >= 0.3 is 0 Å². The maximum Gasteiger partial charge on any atom is 0.0874 e. The normalized spacial score (nSPS) is 12.0. The van der Waals surface area contributed by atoms with Gasteiger partial charge in [0, 0.05) is 6.61 Å². The number of rotatable bonds is 8. The molecule has 80 valence electrons. The van der Waals surface area contributed by atoms with Gasteiger partial charge < -0.3 is 15.6 Å². The molecule has 0 bridgehead atoms. The largest absolute Gasteiger partial charge is 0.388 e. The van der Waals surface area contributed by atoms with E-state index in [2.05, 4.69) is 0 Å². The summed E-state index contributed by atoms with van der Waals surface area (Å²) in [6.07, 6.45) is 3.48. The van der Waals surface area contributed by atoms with Crippen molar-refractivity contribution in [1.29, 1.82) is 0 Å². The molecule has 0 aromatic rings. The van der Waals surface area contributed by atoms with Crippen molar-refractivity contribution < 1.29 is 9.84 Å². The zero-order chi connectivity index (χ0) is 10.2. The highest BCUT2D eigenvalue weighted by atomic mass is 16.5. The van der Waals surface area contributed by atoms with Crippen molar-refractivity contribution >= 4 is 0 Å². The highest BCUT2D eigenvalue weighted by Crippen LogP contribution is 2.14. The maximum atomic E-state index is 9.84. The summed E-state index contributed by atoms with van der Waals surface area (Å²) in [5, 5.41) is 9.84. The van der Waals surface area contributed by atoms with Crippen LogP contribution >= 0.6 is 0 Å². The standard InChI is InChI=1S/C10H23NO2/c1-3-10(12,4-2)9-13-8-6-5-7-11/h12H,3-9,11H2,1-2H3. The minimum absolute atomic E-state index is 0.449. The minimum atomic E-state index is -0.622. The zero-order valence-electron chi connectivity index (χ0n) is 8.88. The van der Waals surface area contributed by atoms with Crippen molar-refractivity contribution in [1.82, 2.24) is 0 Å². The van der Waals surface area contributed by atoms with E-state index in [1.165, 1.54) is 0 Å². The maximum absolute atomic E-state index is 9.84. The lowest BCUT2D eigenvalue weighted by atomic mass is 9.99. The van der Waals surface area contributed by atoms with Crippen LogP contribution in [0.5, 0.6) is 0 Å². The van der Waals surface area contributed by atoms with Gasteiger partial charge in [-0.1, -0.05) is 13.8 Å². The second kappa shape index (κ2) is 7.30. The molecule has 13 heavy (non-hydrogen) atoms. The lowest BCUT2D eigenvalue weighted by molar-refractivity contribution is -0.0515. The number of unbranched alkanes of at least 4 members (excludes halogenated alkanes) is 1. The highest BCUT2D eigenvalue weighted by Gasteiger charge is 2.21. The van der Waals surface area contributed by atoms with E-state index < -0.39 is 5.60 Å². The van der Waals surface area contributed by atoms with Crippen LogP contribution in [0, 0.1) is 0 Å². The summed E-state index contributed by atoms with van der Waals surface area (Å²) in [4.78, 5) is 0. The molecule has 0 rings (SSSR count). The number of hydrogen-bond acceptors (Lipinski definition) is 3. The average molecular weight is 189 g/mol. The molecular weight excluding hydrogens is 166 g/mol. The second-order valence-electron chi connectivity index (χ2n) is 3.48. The van der Waals surface area contributed by atoms with Gasteiger partial charge in [0.15, 0.2) is 0 Å². The molecule has 0 unspecified atom stereocenters. The topological polar surface area (TPSA) is 55.5 Å². The molecule has 3 N–H and O–H groups in total. The predicted molar refractivity (Wildman–Crippen MR) is 54.6 cm³/mol. The molecule has 0 aliphatic rings. The Kier molecular flexibility index (Phi) is 7.23. The molecule has 0 atom stereocenters. The van der Waals surface area contributed by atoms with Crippen molar-refractivity contribution in [2.75, 3.05) is 19.8 Å². The fraction of sp³-hybridized carbons (Fsp3) is 1.00. The van der Waals surface area contributed by atoms with Gasteiger partial charge in [0.05, 0.1) is 12.2 Å². The third kappa shape index (κ3) is 6.02. The van der Waals surface area contributed by atoms with E-state index in [-0.39, 0.29) is 0 Å². The summed E-state index contributed by atoms with van der Waals surface area (Å²) in [7, 11) is 0. The molecule has 0 spiro atoms. The average Bonchev–Trinajstić information content (AvgIpc) is 2.17. The number of nitrogens with two attached hydrogens (primary N) is 1. The van der Waals surface area contributed by atoms with Crippen molar-refractivity contribution in [3.63, 3.8) is 0 Å². The van der Waals surface area contributed by atoms with Crippen LogP contribution < -0.4 is 5.73 Å². The first-order valence-electron chi connectivity index (χ1n) is 5.18. The van der Waals surface area contributed by atoms with Gasteiger partial charge in [0.1, 0.15) is 0 Å². The third-order valence-electron chi connectivity index (χ3n) is 2.43. The molecule has 0 radical (unpaired) electrons. The molecule has 0 saturated carbocycles. The van der Waals surface area contributed by atoms with Crippen LogP contribution in [0.15, 0.2) is 0 Å². The minimum Gasteiger partial charge on any atom is -0.388 e. The van der Waals surface area contributed by atoms with E-state index in [1.54, 1.807) is 0 Å². The van der Waals surface area contributed by atoms with Gasteiger partial charge in [-0.15, -0.1) is 0 Å². The molecule has 3 heteroatoms. The lowest BCUT2D eigenvalue weighted by Crippen LogP contribution is -2.33. The Morgan fingerprint density at radius 2 is 1.85 bits per heavy atom. The van der Waals surface area contributed by atoms with Crippen LogP contribution in [0.3, 0.4) is 0 Å². The lowest BCUT2D eigenvalue weighted by Gasteiger charge is -2.24. The van der Waals surface area contributed by atoms with Gasteiger partial charge in [0.2, 0.25) is 0 Å². The molecular formula is C10H23NO2. The van der Waals surface area contributed by atoms with Crippen molar-refractivity contribution in [3.8, 4) is 0 Å². The Morgan fingerprint density at radius 3 is 2.31 bits per heavy atom. The summed E-state index contributed by atoms with van der Waals surface area (Å²) in [6.45, 7) is 5.83. The Hall–Kier alpha value is -0.120. The number of ether oxygens (including phenoxy) is 1. The summed E-state index contributed by atoms with van der Waals surface area (Å²) in [5.41, 5.74) is 4.72. The molecule has 0 aromatic heterocycles. The van der Waals surface area contributed by atoms with E-state index in [0.717, 1.165) is 32.2 Å². The third-order valence-corrected chi connectivity index (χ3v) is 2.43. The predicted octanol–water partition coefficient (Wildman–Crippen LogP) is 1.29. The van der Waals surface area contributed by atoms with Crippen LogP contribution in [-0.2, 0) is 4.74 Å². The monoisotopic (exact) mass is 189 g/mol. The summed E-state index contributed by atoms with van der Waals surface area (Å²) >= 11 is 0. The molecule has 0 amide bonds. The van der Waals surface area contributed by atoms with Crippen LogP contribution in [0.4, 0.5) is 0 Å². The first-order valence-corrected chi connectivity index (χ1v) is 5.18. The van der Waals surface area contributed by atoms with Crippen molar-refractivity contribution in [2.24, 2.45) is 5.73 Å². The van der Waals surface area contributed by atoms with Crippen LogP contribution in [0.1, 0.15) is 39.5 Å². The molecule has 0 saturated heterocycles. The van der Waals surface area contributed by atoms with Gasteiger partial charge in [-0.3, -0.25) is 0 Å². The first-order chi connectivity index (χ1) is 6.18. The molecule has 0 aliphatic carbocycles. The van der Waals surface area contributed by atoms with Crippen molar-refractivity contribution in [3.05, 3.63) is 0 Å². The Balaban J connectivity index is 3.39. The van der Waals surface area contributed by atoms with Crippen LogP contribution in [0.2, 0.25) is 0 Å². The van der Waals surface area contributed by atoms with E-state index in [9.17, 15) is 5.11 Å². The van der Waals surface area contributed by atoms with E-state index in [4.69, 9.17) is 10.5 Å². The fourth-order valence-corrected chi connectivity index (χ4v) is 1.06. The zero-order valence-corrected chi connectivity index (χ0v) is 8.88. The summed E-state index contributed by atoms with van der Waals surface area (Å²) in [6, 6.07) is 0. The fourth-order valence-electron chi connectivity index (χ4n) is 1.06. The Labute approximate surface area is 81.3 Å². The smallest absolute Gasteiger partial charge is 0.0874 e. The number of aliphatic hydroxyl groups is 1. The van der Waals surface area contributed by atoms with Gasteiger partial charge in [-0.2, -0.15) is 0 Å². The Morgan fingerprint density at radius 1 is 1.23 bits per heavy atom. The Bertz CT molecular complexity index is 113. The molecule has 0 aromatic carbocycles. The first kappa shape index (κ1) is 12.9. The van der Waals surface area contributed by atoms with Gasteiger partial charge in [-0.05, 0) is 32.2 Å². The summed E-state index contributed by atoms with van der Waals surface area (Å²) < 4.78 is 5.38. The highest BCUT2D eigenvalue weighted by molar-refractivity contribution is 4.73. The van der Waals surface area contributed by atoms with E-state index in [0.29, 0.717) is 13.2 Å². The SMILES string of the molecule is CCC(O)(CC)COCCCCN. The second-order valence-corrected chi connectivity index (χ2v) is 3.48. The summed E-state index contributed by atoms with van der Waals surface area (Å²) in [5.74, 6) is 0.